The third-order valence-electron chi connectivity index (χ3n) is 3.34. The van der Waals surface area contributed by atoms with Crippen LogP contribution >= 0.6 is 22.3 Å². The summed E-state index contributed by atoms with van der Waals surface area (Å²) >= 11 is 5.84. The van der Waals surface area contributed by atoms with E-state index in [2.05, 4.69) is 0 Å². The van der Waals surface area contributed by atoms with Crippen LogP contribution in [0.3, 0.4) is 0 Å². The molecule has 0 saturated heterocycles. The lowest BCUT2D eigenvalue weighted by Crippen LogP contribution is -2.41. The van der Waals surface area contributed by atoms with Gasteiger partial charge in [0.2, 0.25) is 0 Å². The summed E-state index contributed by atoms with van der Waals surface area (Å²) in [6, 6.07) is 4.16. The van der Waals surface area contributed by atoms with E-state index in [0.29, 0.717) is 0 Å². The van der Waals surface area contributed by atoms with Gasteiger partial charge in [-0.1, -0.05) is 11.6 Å². The van der Waals surface area contributed by atoms with Gasteiger partial charge >= 0.3 is 0 Å². The summed E-state index contributed by atoms with van der Waals surface area (Å²) in [5.41, 5.74) is 0.237. The second-order valence-corrected chi connectivity index (χ2v) is 7.62. The molecular weight excluding hydrogens is 309 g/mol. The minimum atomic E-state index is -3.90. The molecule has 1 aliphatic rings. The lowest BCUT2D eigenvalue weighted by molar-refractivity contribution is 0.0652. The second kappa shape index (κ2) is 5.31. The number of nitrogens with zero attached hydrogens (tertiary/aromatic N) is 1. The van der Waals surface area contributed by atoms with Crippen LogP contribution in [-0.2, 0) is 9.05 Å². The van der Waals surface area contributed by atoms with Crippen molar-refractivity contribution in [3.63, 3.8) is 0 Å². The monoisotopic (exact) mass is 321 g/mol. The molecule has 2 rings (SSSR count). The first kappa shape index (κ1) is 14.6. The van der Waals surface area contributed by atoms with E-state index >= 15 is 0 Å². The van der Waals surface area contributed by atoms with Crippen molar-refractivity contribution in [3.05, 3.63) is 28.8 Å². The fraction of sp³-hybridized carbons (Fsp3) is 0.417. The van der Waals surface area contributed by atoms with Gasteiger partial charge in [-0.3, -0.25) is 4.79 Å². The van der Waals surface area contributed by atoms with Crippen LogP contribution in [0, 0.1) is 0 Å². The Labute approximate surface area is 121 Å². The molecule has 1 saturated carbocycles. The van der Waals surface area contributed by atoms with E-state index in [1.807, 2.05) is 0 Å². The normalized spacial score (nSPS) is 15.9. The van der Waals surface area contributed by atoms with E-state index in [0.717, 1.165) is 19.3 Å². The third kappa shape index (κ3) is 3.22. The first-order valence-corrected chi connectivity index (χ1v) is 8.50. The third-order valence-corrected chi connectivity index (χ3v) is 4.89. The van der Waals surface area contributed by atoms with Gasteiger partial charge in [0.15, 0.2) is 0 Å². The van der Waals surface area contributed by atoms with Gasteiger partial charge in [-0.05, 0) is 37.5 Å². The highest BCUT2D eigenvalue weighted by Crippen LogP contribution is 2.27. The maximum absolute atomic E-state index is 12.2. The Hall–Kier alpha value is -0.780. The van der Waals surface area contributed by atoms with Crippen molar-refractivity contribution in [2.45, 2.75) is 30.2 Å². The molecule has 0 radical (unpaired) electrons. The van der Waals surface area contributed by atoms with Gasteiger partial charge in [0.25, 0.3) is 15.0 Å². The van der Waals surface area contributed by atoms with Crippen molar-refractivity contribution < 1.29 is 13.2 Å². The topological polar surface area (TPSA) is 54.5 Å². The summed E-state index contributed by atoms with van der Waals surface area (Å²) in [6.45, 7) is 0. The number of hydrogen-bond donors (Lipinski definition) is 0. The van der Waals surface area contributed by atoms with Crippen LogP contribution in [0.2, 0.25) is 5.02 Å². The van der Waals surface area contributed by atoms with Crippen LogP contribution in [0.25, 0.3) is 0 Å². The summed E-state index contributed by atoms with van der Waals surface area (Å²) in [5.74, 6) is -0.242. The summed E-state index contributed by atoms with van der Waals surface area (Å²) < 4.78 is 22.6. The van der Waals surface area contributed by atoms with Crippen LogP contribution in [0.15, 0.2) is 23.1 Å². The van der Waals surface area contributed by atoms with Crippen molar-refractivity contribution in [1.82, 2.24) is 4.90 Å². The van der Waals surface area contributed by atoms with Gasteiger partial charge in [-0.15, -0.1) is 0 Å². The highest BCUT2D eigenvalue weighted by atomic mass is 35.7. The molecule has 1 aromatic carbocycles. The molecule has 104 valence electrons. The summed E-state index contributed by atoms with van der Waals surface area (Å²) in [4.78, 5) is 13.7. The molecular formula is C12H13Cl2NO3S. The van der Waals surface area contributed by atoms with E-state index in [9.17, 15) is 13.2 Å². The molecule has 0 N–H and O–H groups in total. The van der Waals surface area contributed by atoms with E-state index in [4.69, 9.17) is 22.3 Å². The molecule has 4 nitrogen and oxygen atoms in total. The largest absolute Gasteiger partial charge is 0.339 e. The number of rotatable bonds is 3. The molecule has 1 fully saturated rings. The van der Waals surface area contributed by atoms with Crippen LogP contribution < -0.4 is 0 Å². The number of hydrogen-bond acceptors (Lipinski definition) is 3. The molecule has 0 bridgehead atoms. The first-order valence-electron chi connectivity index (χ1n) is 5.81. The Morgan fingerprint density at radius 1 is 1.32 bits per heavy atom. The van der Waals surface area contributed by atoms with Crippen molar-refractivity contribution in [2.75, 3.05) is 7.05 Å². The van der Waals surface area contributed by atoms with E-state index in [1.165, 1.54) is 18.2 Å². The number of carbonyl (C=O) groups is 1. The highest BCUT2D eigenvalue weighted by molar-refractivity contribution is 8.13. The molecule has 1 aromatic rings. The van der Waals surface area contributed by atoms with Crippen LogP contribution in [0.1, 0.15) is 29.6 Å². The molecule has 0 atom stereocenters. The number of benzene rings is 1. The number of carbonyl (C=O) groups excluding carboxylic acids is 1. The van der Waals surface area contributed by atoms with Gasteiger partial charge in [-0.25, -0.2) is 8.42 Å². The van der Waals surface area contributed by atoms with Gasteiger partial charge in [0, 0.05) is 34.4 Å². The molecule has 1 aliphatic carbocycles. The van der Waals surface area contributed by atoms with E-state index < -0.39 is 9.05 Å². The van der Waals surface area contributed by atoms with Crippen molar-refractivity contribution >= 4 is 37.2 Å². The highest BCUT2D eigenvalue weighted by Gasteiger charge is 2.27. The zero-order valence-electron chi connectivity index (χ0n) is 10.3. The molecule has 0 aliphatic heterocycles. The minimum Gasteiger partial charge on any atom is -0.339 e. The van der Waals surface area contributed by atoms with E-state index in [-0.39, 0.29) is 27.4 Å². The molecule has 0 unspecified atom stereocenters. The van der Waals surface area contributed by atoms with E-state index in [1.54, 1.807) is 11.9 Å². The smallest absolute Gasteiger partial charge is 0.261 e. The van der Waals surface area contributed by atoms with Gasteiger partial charge in [0.05, 0.1) is 4.90 Å². The van der Waals surface area contributed by atoms with Gasteiger partial charge < -0.3 is 4.90 Å². The average molecular weight is 322 g/mol. The Bertz CT molecular complexity index is 611. The molecule has 1 amide bonds. The fourth-order valence-corrected chi connectivity index (χ4v) is 3.07. The summed E-state index contributed by atoms with van der Waals surface area (Å²) in [5, 5.41) is 0.173. The molecule has 0 aromatic heterocycles. The van der Waals surface area contributed by atoms with Crippen molar-refractivity contribution in [2.24, 2.45) is 0 Å². The Morgan fingerprint density at radius 2 is 1.95 bits per heavy atom. The predicted octanol–water partition coefficient (Wildman–Crippen LogP) is 2.89. The number of halogens is 2. The Kier molecular flexibility index (Phi) is 4.08. The average Bonchev–Trinajstić information content (AvgIpc) is 2.23. The lowest BCUT2D eigenvalue weighted by atomic mass is 9.91. The second-order valence-electron chi connectivity index (χ2n) is 4.61. The Balaban J connectivity index is 2.34. The zero-order chi connectivity index (χ0) is 14.2. The lowest BCUT2D eigenvalue weighted by Gasteiger charge is -2.34. The van der Waals surface area contributed by atoms with Gasteiger partial charge in [0.1, 0.15) is 0 Å². The molecule has 0 spiro atoms. The summed E-state index contributed by atoms with van der Waals surface area (Å²) in [6.07, 6.45) is 3.06. The maximum Gasteiger partial charge on any atom is 0.261 e. The van der Waals surface area contributed by atoms with Crippen LogP contribution in [0.5, 0.6) is 0 Å². The standard InChI is InChI=1S/C12H13Cl2NO3S/c1-15(10-3-2-4-10)12(16)8-5-9(13)7-11(6-8)19(14,17)18/h5-7,10H,2-4H2,1H3. The SMILES string of the molecule is CN(C(=O)c1cc(Cl)cc(S(=O)(=O)Cl)c1)C1CCC1. The minimum absolute atomic E-state index is 0.160. The zero-order valence-corrected chi connectivity index (χ0v) is 12.6. The number of amides is 1. The summed E-state index contributed by atoms with van der Waals surface area (Å²) in [7, 11) is 3.08. The van der Waals surface area contributed by atoms with Crippen LogP contribution in [0.4, 0.5) is 0 Å². The molecule has 7 heteroatoms. The quantitative estimate of drug-likeness (QED) is 0.804. The first-order chi connectivity index (χ1) is 8.79. The van der Waals surface area contributed by atoms with Gasteiger partial charge in [-0.2, -0.15) is 0 Å². The predicted molar refractivity (Wildman–Crippen MR) is 74.2 cm³/mol. The van der Waals surface area contributed by atoms with Crippen molar-refractivity contribution in [3.8, 4) is 0 Å². The maximum atomic E-state index is 12.2. The van der Waals surface area contributed by atoms with Crippen LogP contribution in [-0.4, -0.2) is 32.3 Å². The Morgan fingerprint density at radius 3 is 2.42 bits per heavy atom. The fourth-order valence-electron chi connectivity index (χ4n) is 1.97. The molecule has 0 heterocycles. The van der Waals surface area contributed by atoms with Crippen molar-refractivity contribution in [1.29, 1.82) is 0 Å². The molecule has 19 heavy (non-hydrogen) atoms.